The van der Waals surface area contributed by atoms with Crippen LogP contribution < -0.4 is 10.1 Å². The van der Waals surface area contributed by atoms with Crippen LogP contribution in [0.3, 0.4) is 0 Å². The van der Waals surface area contributed by atoms with E-state index in [0.717, 1.165) is 17.7 Å². The van der Waals surface area contributed by atoms with Crippen molar-refractivity contribution in [2.45, 2.75) is 26.3 Å². The van der Waals surface area contributed by atoms with E-state index in [1.807, 2.05) is 20.8 Å². The van der Waals surface area contributed by atoms with E-state index in [0.29, 0.717) is 6.54 Å². The van der Waals surface area contributed by atoms with Gasteiger partial charge in [-0.3, -0.25) is 10.1 Å². The number of halogens is 2. The van der Waals surface area contributed by atoms with Gasteiger partial charge in [-0.25, -0.2) is 4.39 Å². The number of nitro benzene ring substituents is 1. The standard InChI is InChI=1S/C14H18BrFN2O3/c1-9(7-17-14(2,3)4)8-21-13-11(15)5-10(16)6-12(13)18(19)20/h5-6,17H,1,7-8H2,2-4H3. The first-order valence-corrected chi connectivity index (χ1v) is 7.07. The zero-order valence-corrected chi connectivity index (χ0v) is 13.8. The monoisotopic (exact) mass is 360 g/mol. The van der Waals surface area contributed by atoms with Gasteiger partial charge in [-0.05, 0) is 48.3 Å². The third-order valence-electron chi connectivity index (χ3n) is 2.47. The normalized spacial score (nSPS) is 11.3. The van der Waals surface area contributed by atoms with Gasteiger partial charge in [0, 0.05) is 12.1 Å². The topological polar surface area (TPSA) is 64.4 Å². The highest BCUT2D eigenvalue weighted by Crippen LogP contribution is 2.36. The van der Waals surface area contributed by atoms with Crippen molar-refractivity contribution in [3.05, 3.63) is 44.7 Å². The van der Waals surface area contributed by atoms with Crippen LogP contribution in [-0.2, 0) is 0 Å². The molecular weight excluding hydrogens is 343 g/mol. The van der Waals surface area contributed by atoms with E-state index >= 15 is 0 Å². The SMILES string of the molecule is C=C(CNC(C)(C)C)COc1c(Br)cc(F)cc1[N+](=O)[O-]. The van der Waals surface area contributed by atoms with Crippen molar-refractivity contribution in [1.82, 2.24) is 5.32 Å². The van der Waals surface area contributed by atoms with Gasteiger partial charge in [0.25, 0.3) is 0 Å². The Bertz CT molecular complexity index is 556. The summed E-state index contributed by atoms with van der Waals surface area (Å²) in [6.45, 7) is 10.5. The maximum absolute atomic E-state index is 13.2. The summed E-state index contributed by atoms with van der Waals surface area (Å²) in [5, 5.41) is 14.2. The van der Waals surface area contributed by atoms with Crippen molar-refractivity contribution in [1.29, 1.82) is 0 Å². The predicted molar refractivity (Wildman–Crippen MR) is 83.1 cm³/mol. The van der Waals surface area contributed by atoms with Crippen molar-refractivity contribution in [2.24, 2.45) is 0 Å². The van der Waals surface area contributed by atoms with Gasteiger partial charge in [0.2, 0.25) is 5.75 Å². The molecule has 0 radical (unpaired) electrons. The lowest BCUT2D eigenvalue weighted by Crippen LogP contribution is -2.37. The highest BCUT2D eigenvalue weighted by atomic mass is 79.9. The van der Waals surface area contributed by atoms with Crippen LogP contribution in [0.1, 0.15) is 20.8 Å². The molecule has 0 aliphatic heterocycles. The molecule has 0 aromatic heterocycles. The molecule has 21 heavy (non-hydrogen) atoms. The van der Waals surface area contributed by atoms with Crippen LogP contribution in [0.4, 0.5) is 10.1 Å². The van der Waals surface area contributed by atoms with Crippen LogP contribution in [0.5, 0.6) is 5.75 Å². The molecule has 0 saturated heterocycles. The van der Waals surface area contributed by atoms with Gasteiger partial charge in [0.1, 0.15) is 12.4 Å². The van der Waals surface area contributed by atoms with E-state index < -0.39 is 16.4 Å². The first kappa shape index (κ1) is 17.6. The average Bonchev–Trinajstić information content (AvgIpc) is 2.33. The second-order valence-corrected chi connectivity index (χ2v) is 6.49. The van der Waals surface area contributed by atoms with Gasteiger partial charge in [-0.1, -0.05) is 6.58 Å². The molecule has 0 aliphatic rings. The van der Waals surface area contributed by atoms with Crippen molar-refractivity contribution < 1.29 is 14.1 Å². The molecular formula is C14H18BrFN2O3. The molecule has 0 aliphatic carbocycles. The summed E-state index contributed by atoms with van der Waals surface area (Å²) in [7, 11) is 0. The van der Waals surface area contributed by atoms with Gasteiger partial charge in [-0.2, -0.15) is 0 Å². The lowest BCUT2D eigenvalue weighted by Gasteiger charge is -2.21. The van der Waals surface area contributed by atoms with E-state index in [4.69, 9.17) is 4.74 Å². The molecule has 1 rings (SSSR count). The largest absolute Gasteiger partial charge is 0.481 e. The number of hydrogen-bond donors (Lipinski definition) is 1. The molecule has 0 fully saturated rings. The minimum atomic E-state index is -0.700. The molecule has 0 heterocycles. The molecule has 5 nitrogen and oxygen atoms in total. The van der Waals surface area contributed by atoms with Crippen molar-refractivity contribution >= 4 is 21.6 Å². The van der Waals surface area contributed by atoms with Gasteiger partial charge in [0.05, 0.1) is 15.5 Å². The Morgan fingerprint density at radius 3 is 2.67 bits per heavy atom. The van der Waals surface area contributed by atoms with Gasteiger partial charge in [0.15, 0.2) is 0 Å². The molecule has 0 atom stereocenters. The number of ether oxygens (including phenoxy) is 1. The van der Waals surface area contributed by atoms with Crippen LogP contribution in [0, 0.1) is 15.9 Å². The Balaban J connectivity index is 2.75. The summed E-state index contributed by atoms with van der Waals surface area (Å²) in [6, 6.07) is 1.95. The summed E-state index contributed by atoms with van der Waals surface area (Å²) in [5.41, 5.74) is 0.250. The van der Waals surface area contributed by atoms with E-state index in [2.05, 4.69) is 27.8 Å². The van der Waals surface area contributed by atoms with Crippen LogP contribution in [0.2, 0.25) is 0 Å². The molecule has 116 valence electrons. The smallest absolute Gasteiger partial charge is 0.315 e. The molecule has 0 spiro atoms. The zero-order valence-electron chi connectivity index (χ0n) is 12.2. The third-order valence-corrected chi connectivity index (χ3v) is 3.06. The van der Waals surface area contributed by atoms with Crippen LogP contribution in [-0.4, -0.2) is 23.6 Å². The second kappa shape index (κ2) is 7.00. The Labute approximate surface area is 131 Å². The van der Waals surface area contributed by atoms with E-state index in [9.17, 15) is 14.5 Å². The number of nitro groups is 1. The average molecular weight is 361 g/mol. The molecule has 0 unspecified atom stereocenters. The summed E-state index contributed by atoms with van der Waals surface area (Å²) >= 11 is 3.07. The molecule has 1 aromatic rings. The molecule has 0 saturated carbocycles. The maximum atomic E-state index is 13.2. The first-order chi connectivity index (χ1) is 9.60. The Morgan fingerprint density at radius 1 is 1.52 bits per heavy atom. The highest BCUT2D eigenvalue weighted by Gasteiger charge is 2.21. The number of rotatable bonds is 6. The summed E-state index contributed by atoms with van der Waals surface area (Å²) in [4.78, 5) is 10.3. The Morgan fingerprint density at radius 2 is 2.14 bits per heavy atom. The quantitative estimate of drug-likeness (QED) is 0.475. The maximum Gasteiger partial charge on any atom is 0.315 e. The van der Waals surface area contributed by atoms with Gasteiger partial charge < -0.3 is 10.1 Å². The molecule has 1 N–H and O–H groups in total. The van der Waals surface area contributed by atoms with Gasteiger partial charge >= 0.3 is 5.69 Å². The first-order valence-electron chi connectivity index (χ1n) is 6.28. The van der Waals surface area contributed by atoms with E-state index in [-0.39, 0.29) is 22.4 Å². The van der Waals surface area contributed by atoms with Crippen LogP contribution >= 0.6 is 15.9 Å². The number of benzene rings is 1. The Hall–Kier alpha value is -1.47. The molecule has 1 aromatic carbocycles. The second-order valence-electron chi connectivity index (χ2n) is 5.64. The fraction of sp³-hybridized carbons (Fsp3) is 0.429. The van der Waals surface area contributed by atoms with Crippen LogP contribution in [0.25, 0.3) is 0 Å². The fourth-order valence-electron chi connectivity index (χ4n) is 1.44. The summed E-state index contributed by atoms with van der Waals surface area (Å²) in [6.07, 6.45) is 0. The predicted octanol–water partition coefficient (Wildman–Crippen LogP) is 3.82. The van der Waals surface area contributed by atoms with Crippen LogP contribution in [0.15, 0.2) is 28.8 Å². The lowest BCUT2D eigenvalue weighted by molar-refractivity contribution is -0.386. The van der Waals surface area contributed by atoms with Crippen molar-refractivity contribution in [2.75, 3.05) is 13.2 Å². The minimum Gasteiger partial charge on any atom is -0.481 e. The molecule has 7 heteroatoms. The van der Waals surface area contributed by atoms with Gasteiger partial charge in [-0.15, -0.1) is 0 Å². The summed E-state index contributed by atoms with van der Waals surface area (Å²) < 4.78 is 18.8. The third kappa shape index (κ3) is 5.81. The number of nitrogens with one attached hydrogen (secondary N) is 1. The Kier molecular flexibility index (Phi) is 5.86. The lowest BCUT2D eigenvalue weighted by atomic mass is 10.1. The number of nitrogens with zero attached hydrogens (tertiary/aromatic N) is 1. The molecule has 0 bridgehead atoms. The van der Waals surface area contributed by atoms with E-state index in [1.165, 1.54) is 0 Å². The van der Waals surface area contributed by atoms with E-state index in [1.54, 1.807) is 0 Å². The fourth-order valence-corrected chi connectivity index (χ4v) is 1.98. The van der Waals surface area contributed by atoms with Crippen molar-refractivity contribution in [3.63, 3.8) is 0 Å². The zero-order chi connectivity index (χ0) is 16.2. The molecule has 0 amide bonds. The highest BCUT2D eigenvalue weighted by molar-refractivity contribution is 9.10. The number of hydrogen-bond acceptors (Lipinski definition) is 4. The summed E-state index contributed by atoms with van der Waals surface area (Å²) in [5.74, 6) is -0.701. The minimum absolute atomic E-state index is 0.00157. The van der Waals surface area contributed by atoms with Crippen molar-refractivity contribution in [3.8, 4) is 5.75 Å².